The van der Waals surface area contributed by atoms with Gasteiger partial charge >= 0.3 is 7.12 Å². The monoisotopic (exact) mass is 404 g/mol. The van der Waals surface area contributed by atoms with E-state index in [-0.39, 0.29) is 11.6 Å². The number of benzene rings is 2. The first-order chi connectivity index (χ1) is 14.3. The molecule has 1 saturated heterocycles. The van der Waals surface area contributed by atoms with Crippen molar-refractivity contribution in [3.8, 4) is 0 Å². The van der Waals surface area contributed by atoms with Crippen LogP contribution >= 0.6 is 0 Å². The minimum absolute atomic E-state index is 0.0374. The molecule has 0 unspecified atom stereocenters. The van der Waals surface area contributed by atoms with Gasteiger partial charge in [-0.25, -0.2) is 4.98 Å². The van der Waals surface area contributed by atoms with E-state index in [2.05, 4.69) is 6.07 Å². The van der Waals surface area contributed by atoms with Gasteiger partial charge < -0.3 is 9.31 Å². The Labute approximate surface area is 177 Å². The lowest BCUT2D eigenvalue weighted by molar-refractivity contribution is 0.00578. The predicted molar refractivity (Wildman–Crippen MR) is 121 cm³/mol. The SMILES string of the molecule is CC1(C)OB(c2cc3c(=O)n(C4CCCCC4)cnc3c3ccccc23)OC1(C)C. The van der Waals surface area contributed by atoms with Gasteiger partial charge in [-0.2, -0.15) is 0 Å². The summed E-state index contributed by atoms with van der Waals surface area (Å²) in [6.45, 7) is 8.20. The lowest BCUT2D eigenvalue weighted by Crippen LogP contribution is -2.41. The molecule has 30 heavy (non-hydrogen) atoms. The van der Waals surface area contributed by atoms with Crippen molar-refractivity contribution < 1.29 is 9.31 Å². The highest BCUT2D eigenvalue weighted by molar-refractivity contribution is 6.65. The van der Waals surface area contributed by atoms with Crippen LogP contribution in [0.5, 0.6) is 0 Å². The molecule has 0 atom stereocenters. The van der Waals surface area contributed by atoms with Crippen LogP contribution in [0.15, 0.2) is 41.5 Å². The largest absolute Gasteiger partial charge is 0.495 e. The Morgan fingerprint density at radius 3 is 2.27 bits per heavy atom. The van der Waals surface area contributed by atoms with Crippen LogP contribution in [-0.4, -0.2) is 27.9 Å². The molecule has 5 rings (SSSR count). The first-order valence-electron chi connectivity index (χ1n) is 11.1. The van der Waals surface area contributed by atoms with Crippen molar-refractivity contribution in [3.05, 3.63) is 47.0 Å². The normalized spacial score (nSPS) is 21.5. The van der Waals surface area contributed by atoms with Crippen LogP contribution in [-0.2, 0) is 9.31 Å². The van der Waals surface area contributed by atoms with Crippen molar-refractivity contribution in [2.24, 2.45) is 0 Å². The molecule has 2 aromatic carbocycles. The number of hydrogen-bond acceptors (Lipinski definition) is 4. The molecule has 1 saturated carbocycles. The molecule has 0 N–H and O–H groups in total. The van der Waals surface area contributed by atoms with E-state index in [1.54, 1.807) is 6.33 Å². The lowest BCUT2D eigenvalue weighted by atomic mass is 9.75. The number of fused-ring (bicyclic) bond motifs is 3. The maximum absolute atomic E-state index is 13.5. The first-order valence-corrected chi connectivity index (χ1v) is 11.1. The zero-order valence-electron chi connectivity index (χ0n) is 18.3. The highest BCUT2D eigenvalue weighted by atomic mass is 16.7. The van der Waals surface area contributed by atoms with Crippen LogP contribution in [0.25, 0.3) is 21.7 Å². The average molecular weight is 404 g/mol. The molecule has 1 aromatic heterocycles. The van der Waals surface area contributed by atoms with E-state index in [1.807, 2.05) is 56.5 Å². The van der Waals surface area contributed by atoms with Crippen molar-refractivity contribution >= 4 is 34.3 Å². The second kappa shape index (κ2) is 6.93. The Balaban J connectivity index is 1.72. The molecule has 3 aromatic rings. The average Bonchev–Trinajstić information content (AvgIpc) is 2.95. The quantitative estimate of drug-likeness (QED) is 0.471. The number of hydrogen-bond donors (Lipinski definition) is 0. The summed E-state index contributed by atoms with van der Waals surface area (Å²) in [6.07, 6.45) is 7.44. The van der Waals surface area contributed by atoms with Crippen LogP contribution in [0.3, 0.4) is 0 Å². The first kappa shape index (κ1) is 19.8. The van der Waals surface area contributed by atoms with Crippen molar-refractivity contribution in [3.63, 3.8) is 0 Å². The fourth-order valence-electron chi connectivity index (χ4n) is 4.79. The molecular formula is C24H29BN2O3. The molecule has 0 spiro atoms. The summed E-state index contributed by atoms with van der Waals surface area (Å²) in [5.41, 5.74) is 0.811. The Hall–Kier alpha value is -2.18. The topological polar surface area (TPSA) is 53.4 Å². The zero-order chi connectivity index (χ0) is 21.1. The van der Waals surface area contributed by atoms with E-state index >= 15 is 0 Å². The minimum atomic E-state index is -0.521. The molecule has 0 radical (unpaired) electrons. The van der Waals surface area contributed by atoms with Gasteiger partial charge in [-0.05, 0) is 57.5 Å². The summed E-state index contributed by atoms with van der Waals surface area (Å²) in [7, 11) is -0.521. The molecule has 1 aliphatic carbocycles. The second-order valence-corrected chi connectivity index (χ2v) is 9.74. The van der Waals surface area contributed by atoms with E-state index in [4.69, 9.17) is 14.3 Å². The van der Waals surface area contributed by atoms with Gasteiger partial charge in [0.05, 0.1) is 28.4 Å². The number of nitrogens with zero attached hydrogens (tertiary/aromatic N) is 2. The van der Waals surface area contributed by atoms with Crippen molar-refractivity contribution in [1.82, 2.24) is 9.55 Å². The Kier molecular flexibility index (Phi) is 4.56. The molecule has 1 aliphatic heterocycles. The van der Waals surface area contributed by atoms with Gasteiger partial charge in [-0.15, -0.1) is 0 Å². The summed E-state index contributed by atoms with van der Waals surface area (Å²) >= 11 is 0. The molecule has 6 heteroatoms. The Bertz CT molecular complexity index is 1160. The number of aromatic nitrogens is 2. The summed E-state index contributed by atoms with van der Waals surface area (Å²) in [5, 5.41) is 2.63. The summed E-state index contributed by atoms with van der Waals surface area (Å²) < 4.78 is 14.5. The van der Waals surface area contributed by atoms with Gasteiger partial charge in [0, 0.05) is 11.4 Å². The van der Waals surface area contributed by atoms with Gasteiger partial charge in [0.2, 0.25) is 0 Å². The third kappa shape index (κ3) is 3.00. The molecule has 0 amide bonds. The molecule has 0 bridgehead atoms. The maximum Gasteiger partial charge on any atom is 0.495 e. The van der Waals surface area contributed by atoms with E-state index in [0.29, 0.717) is 5.39 Å². The maximum atomic E-state index is 13.5. The van der Waals surface area contributed by atoms with Gasteiger partial charge in [0.25, 0.3) is 5.56 Å². The fourth-order valence-corrected chi connectivity index (χ4v) is 4.79. The second-order valence-electron chi connectivity index (χ2n) is 9.74. The van der Waals surface area contributed by atoms with E-state index in [1.165, 1.54) is 19.3 Å². The highest BCUT2D eigenvalue weighted by Gasteiger charge is 2.52. The van der Waals surface area contributed by atoms with Crippen LogP contribution in [0.4, 0.5) is 0 Å². The highest BCUT2D eigenvalue weighted by Crippen LogP contribution is 2.37. The third-order valence-corrected chi connectivity index (χ3v) is 7.30. The van der Waals surface area contributed by atoms with Gasteiger partial charge in [-0.1, -0.05) is 43.5 Å². The van der Waals surface area contributed by atoms with Gasteiger partial charge in [0.1, 0.15) is 0 Å². The summed E-state index contributed by atoms with van der Waals surface area (Å²) in [5.74, 6) is 0. The third-order valence-electron chi connectivity index (χ3n) is 7.30. The fraction of sp³-hybridized carbons (Fsp3) is 0.500. The van der Waals surface area contributed by atoms with E-state index in [9.17, 15) is 4.79 Å². The van der Waals surface area contributed by atoms with Crippen LogP contribution in [0.1, 0.15) is 65.8 Å². The molecular weight excluding hydrogens is 375 g/mol. The zero-order valence-corrected chi connectivity index (χ0v) is 18.3. The molecule has 2 aliphatic rings. The minimum Gasteiger partial charge on any atom is -0.399 e. The van der Waals surface area contributed by atoms with Crippen LogP contribution in [0.2, 0.25) is 0 Å². The van der Waals surface area contributed by atoms with Crippen LogP contribution < -0.4 is 11.0 Å². The Morgan fingerprint density at radius 2 is 1.60 bits per heavy atom. The van der Waals surface area contributed by atoms with E-state index in [0.717, 1.165) is 34.6 Å². The Morgan fingerprint density at radius 1 is 0.967 bits per heavy atom. The van der Waals surface area contributed by atoms with Gasteiger partial charge in [0.15, 0.2) is 0 Å². The molecule has 5 nitrogen and oxygen atoms in total. The van der Waals surface area contributed by atoms with E-state index < -0.39 is 18.3 Å². The van der Waals surface area contributed by atoms with Crippen molar-refractivity contribution in [2.45, 2.75) is 77.0 Å². The summed E-state index contributed by atoms with van der Waals surface area (Å²) in [4.78, 5) is 18.3. The lowest BCUT2D eigenvalue weighted by Gasteiger charge is -2.32. The predicted octanol–water partition coefficient (Wildman–Crippen LogP) is 4.35. The number of rotatable bonds is 2. The summed E-state index contributed by atoms with van der Waals surface area (Å²) in [6, 6.07) is 10.3. The molecule has 156 valence electrons. The standard InChI is InChI=1S/C24H29BN2O3/c1-23(2)24(3,4)30-25(29-23)20-14-19-21(18-13-9-8-12-17(18)20)26-15-27(22(19)28)16-10-6-5-7-11-16/h8-9,12-16H,5-7,10-11H2,1-4H3. The molecule has 2 heterocycles. The van der Waals surface area contributed by atoms with Gasteiger partial charge in [-0.3, -0.25) is 9.36 Å². The smallest absolute Gasteiger partial charge is 0.399 e. The molecule has 2 fully saturated rings. The van der Waals surface area contributed by atoms with Crippen LogP contribution in [0, 0.1) is 0 Å². The van der Waals surface area contributed by atoms with Crippen molar-refractivity contribution in [1.29, 1.82) is 0 Å². The van der Waals surface area contributed by atoms with Crippen molar-refractivity contribution in [2.75, 3.05) is 0 Å².